The molecule has 2 aliphatic carbocycles. The summed E-state index contributed by atoms with van der Waals surface area (Å²) in [6.07, 6.45) is 12.2. The molecule has 0 saturated heterocycles. The van der Waals surface area contributed by atoms with Crippen molar-refractivity contribution in [2.75, 3.05) is 0 Å². The normalized spacial score (nSPS) is 16.5. The summed E-state index contributed by atoms with van der Waals surface area (Å²) in [5, 5.41) is 0. The van der Waals surface area contributed by atoms with Crippen molar-refractivity contribution < 1.29 is 0 Å². The van der Waals surface area contributed by atoms with E-state index in [1.807, 2.05) is 0 Å². The fourth-order valence-corrected chi connectivity index (χ4v) is 7.34. The van der Waals surface area contributed by atoms with Crippen molar-refractivity contribution in [3.8, 4) is 45.6 Å². The molecule has 0 aliphatic heterocycles. The smallest absolute Gasteiger partial charge is 0.163 e. The molecule has 54 heavy (non-hydrogen) atoms. The monoisotopic (exact) mass is 723 g/mol. The van der Waals surface area contributed by atoms with E-state index in [1.54, 1.807) is 0 Å². The van der Waals surface area contributed by atoms with E-state index >= 15 is 0 Å². The second-order valence-electron chi connectivity index (χ2n) is 18.6. The van der Waals surface area contributed by atoms with Gasteiger partial charge in [-0.1, -0.05) is 143 Å². The third kappa shape index (κ3) is 8.55. The molecule has 282 valence electrons. The van der Waals surface area contributed by atoms with Crippen molar-refractivity contribution in [3.05, 3.63) is 77.7 Å². The van der Waals surface area contributed by atoms with Crippen molar-refractivity contribution in [1.29, 1.82) is 0 Å². The molecule has 0 amide bonds. The lowest BCUT2D eigenvalue weighted by molar-refractivity contribution is 0.409. The van der Waals surface area contributed by atoms with E-state index in [4.69, 9.17) is 44.9 Å². The Morgan fingerprint density at radius 1 is 0.370 bits per heavy atom. The summed E-state index contributed by atoms with van der Waals surface area (Å²) in [6.45, 7) is 19.2. The Morgan fingerprint density at radius 2 is 0.722 bits per heavy atom. The second-order valence-corrected chi connectivity index (χ2v) is 18.6. The molecule has 9 heteroatoms. The minimum absolute atomic E-state index is 0.210. The van der Waals surface area contributed by atoms with Crippen LogP contribution in [-0.2, 0) is 16.2 Å². The number of nitrogens with zero attached hydrogens (tertiary/aromatic N) is 9. The van der Waals surface area contributed by atoms with Crippen LogP contribution in [0.25, 0.3) is 45.6 Å². The first-order valence-electron chi connectivity index (χ1n) is 20.1. The number of aromatic nitrogens is 9. The van der Waals surface area contributed by atoms with Gasteiger partial charge in [-0.05, 0) is 31.7 Å². The third-order valence-electron chi connectivity index (χ3n) is 10.7. The first kappa shape index (κ1) is 37.8. The maximum absolute atomic E-state index is 5.16. The average Bonchev–Trinajstić information content (AvgIpc) is 3.17. The Bertz CT molecular complexity index is 2020. The van der Waals surface area contributed by atoms with Gasteiger partial charge in [0.2, 0.25) is 0 Å². The van der Waals surface area contributed by atoms with Gasteiger partial charge in [-0.3, -0.25) is 0 Å². The third-order valence-corrected chi connectivity index (χ3v) is 10.7. The van der Waals surface area contributed by atoms with Crippen LogP contribution in [0.4, 0.5) is 0 Å². The zero-order chi connectivity index (χ0) is 38.3. The molecule has 0 N–H and O–H groups in total. The van der Waals surface area contributed by atoms with Gasteiger partial charge in [0, 0.05) is 50.3 Å². The van der Waals surface area contributed by atoms with Crippen LogP contribution in [0.5, 0.6) is 0 Å². The number of hydrogen-bond donors (Lipinski definition) is 0. The van der Waals surface area contributed by atoms with Crippen molar-refractivity contribution in [2.45, 2.75) is 155 Å². The topological polar surface area (TPSA) is 116 Å². The van der Waals surface area contributed by atoms with Crippen LogP contribution in [0.2, 0.25) is 0 Å². The predicted octanol–water partition coefficient (Wildman–Crippen LogP) is 10.9. The lowest BCUT2D eigenvalue weighted by Gasteiger charge is -2.24. The Balaban J connectivity index is 1.26. The molecule has 2 aliphatic rings. The molecule has 5 aromatic rings. The zero-order valence-corrected chi connectivity index (χ0v) is 33.9. The van der Waals surface area contributed by atoms with Gasteiger partial charge in [-0.15, -0.1) is 0 Å². The van der Waals surface area contributed by atoms with E-state index in [2.05, 4.69) is 111 Å². The fraction of sp³-hybridized carbons (Fsp3) is 0.533. The molecule has 2 saturated carbocycles. The highest BCUT2D eigenvalue weighted by Gasteiger charge is 2.27. The molecule has 3 heterocycles. The van der Waals surface area contributed by atoms with Crippen LogP contribution in [0.3, 0.4) is 0 Å². The molecule has 9 nitrogen and oxygen atoms in total. The first-order valence-corrected chi connectivity index (χ1v) is 20.1. The maximum atomic E-state index is 5.16. The lowest BCUT2D eigenvalue weighted by Crippen LogP contribution is -2.24. The quantitative estimate of drug-likeness (QED) is 0.169. The SMILES string of the molecule is CC(C)(C)c1nc(-c2ccc(-c3nc(C(C)(C)C)nc(C(C)(C)C)n3)cc2)nc(-c2cccc(-c3nc(C4CCCCC4)nc(C4CCCCC4)n3)c2)n1. The van der Waals surface area contributed by atoms with Gasteiger partial charge in [0.25, 0.3) is 0 Å². The summed E-state index contributed by atoms with van der Waals surface area (Å²) in [5.74, 6) is 7.77. The molecule has 7 rings (SSSR count). The van der Waals surface area contributed by atoms with Gasteiger partial charge in [0.05, 0.1) is 0 Å². The van der Waals surface area contributed by atoms with Crippen molar-refractivity contribution in [1.82, 2.24) is 44.9 Å². The van der Waals surface area contributed by atoms with Gasteiger partial charge in [-0.2, -0.15) is 0 Å². The number of rotatable bonds is 6. The fourth-order valence-electron chi connectivity index (χ4n) is 7.34. The molecule has 0 atom stereocenters. The van der Waals surface area contributed by atoms with Crippen molar-refractivity contribution in [2.24, 2.45) is 0 Å². The predicted molar refractivity (Wildman–Crippen MR) is 216 cm³/mol. The standard InChI is InChI=1S/C45H57N9/c1-43(2,3)40-50-36(30-23-25-31(26-24-30)37-51-41(44(4,5)6)54-42(52-37)45(7,8)9)49-39(53-40)33-22-16-21-32(27-33)38-47-34(28-17-12-10-13-18-28)46-35(48-38)29-19-14-11-15-20-29/h16,21-29H,10-15,17-20H2,1-9H3. The highest BCUT2D eigenvalue weighted by Crippen LogP contribution is 2.36. The van der Waals surface area contributed by atoms with E-state index in [1.165, 1.54) is 38.5 Å². The summed E-state index contributed by atoms with van der Waals surface area (Å²) < 4.78 is 0. The van der Waals surface area contributed by atoms with E-state index in [-0.39, 0.29) is 16.2 Å². The average molecular weight is 724 g/mol. The highest BCUT2D eigenvalue weighted by molar-refractivity contribution is 5.69. The Hall–Kier alpha value is -4.53. The van der Waals surface area contributed by atoms with Crippen LogP contribution in [0, 0.1) is 0 Å². The van der Waals surface area contributed by atoms with Crippen LogP contribution >= 0.6 is 0 Å². The van der Waals surface area contributed by atoms with Gasteiger partial charge >= 0.3 is 0 Å². The molecule has 2 aromatic carbocycles. The minimum Gasteiger partial charge on any atom is -0.217 e. The van der Waals surface area contributed by atoms with Crippen molar-refractivity contribution >= 4 is 0 Å². The number of benzene rings is 2. The molecule has 2 fully saturated rings. The maximum Gasteiger partial charge on any atom is 0.163 e. The van der Waals surface area contributed by atoms with Gasteiger partial charge in [-0.25, -0.2) is 44.9 Å². The Kier molecular flexibility index (Phi) is 10.5. The largest absolute Gasteiger partial charge is 0.217 e. The van der Waals surface area contributed by atoms with Crippen molar-refractivity contribution in [3.63, 3.8) is 0 Å². The molecule has 0 spiro atoms. The molecular formula is C45H57N9. The van der Waals surface area contributed by atoms with E-state index < -0.39 is 0 Å². The van der Waals surface area contributed by atoms with Crippen LogP contribution < -0.4 is 0 Å². The van der Waals surface area contributed by atoms with E-state index in [0.717, 1.165) is 82.9 Å². The lowest BCUT2D eigenvalue weighted by atomic mass is 9.87. The number of hydrogen-bond acceptors (Lipinski definition) is 9. The van der Waals surface area contributed by atoms with Gasteiger partial charge in [0.1, 0.15) is 29.1 Å². The highest BCUT2D eigenvalue weighted by atomic mass is 15.1. The molecule has 0 radical (unpaired) electrons. The molecule has 3 aromatic heterocycles. The molecular weight excluding hydrogens is 667 g/mol. The minimum atomic E-state index is -0.292. The molecule has 0 unspecified atom stereocenters. The summed E-state index contributed by atoms with van der Waals surface area (Å²) in [4.78, 5) is 45.3. The Morgan fingerprint density at radius 3 is 1.13 bits per heavy atom. The summed E-state index contributed by atoms with van der Waals surface area (Å²) in [5.41, 5.74) is 2.99. The summed E-state index contributed by atoms with van der Waals surface area (Å²) in [7, 11) is 0. The van der Waals surface area contributed by atoms with Crippen LogP contribution in [0.15, 0.2) is 48.5 Å². The van der Waals surface area contributed by atoms with E-state index in [0.29, 0.717) is 29.3 Å². The van der Waals surface area contributed by atoms with Crippen LogP contribution in [0.1, 0.15) is 167 Å². The van der Waals surface area contributed by atoms with E-state index in [9.17, 15) is 0 Å². The zero-order valence-electron chi connectivity index (χ0n) is 33.9. The molecule has 0 bridgehead atoms. The summed E-state index contributed by atoms with van der Waals surface area (Å²) >= 11 is 0. The first-order chi connectivity index (χ1) is 25.6. The van der Waals surface area contributed by atoms with Crippen LogP contribution in [-0.4, -0.2) is 44.9 Å². The van der Waals surface area contributed by atoms with Gasteiger partial charge < -0.3 is 0 Å². The summed E-state index contributed by atoms with van der Waals surface area (Å²) in [6, 6.07) is 16.6. The Labute approximate surface area is 321 Å². The second kappa shape index (κ2) is 15.0. The van der Waals surface area contributed by atoms with Gasteiger partial charge in [0.15, 0.2) is 23.3 Å².